The Morgan fingerprint density at radius 3 is 2.30 bits per heavy atom. The van der Waals surface area contributed by atoms with Crippen LogP contribution in [-0.2, 0) is 4.79 Å². The van der Waals surface area contributed by atoms with E-state index in [9.17, 15) is 4.79 Å². The Bertz CT molecular complexity index is 1230. The van der Waals surface area contributed by atoms with Gasteiger partial charge in [-0.15, -0.1) is 0 Å². The minimum Gasteiger partial charge on any atom is -0.497 e. The molecule has 0 aliphatic carbocycles. The molecule has 3 aromatic carbocycles. The van der Waals surface area contributed by atoms with Gasteiger partial charge in [-0.25, -0.2) is 0 Å². The Balaban J connectivity index is 1.73. The van der Waals surface area contributed by atoms with E-state index in [0.29, 0.717) is 13.1 Å². The van der Waals surface area contributed by atoms with Crippen LogP contribution in [0.3, 0.4) is 0 Å². The Labute approximate surface area is 194 Å². The van der Waals surface area contributed by atoms with E-state index >= 15 is 0 Å². The fourth-order valence-corrected chi connectivity index (χ4v) is 4.64. The molecule has 2 aliphatic rings. The van der Waals surface area contributed by atoms with Crippen molar-refractivity contribution < 1.29 is 9.53 Å². The second-order valence-corrected chi connectivity index (χ2v) is 8.47. The minimum absolute atomic E-state index is 0.00577. The number of carbonyl (C=O) groups excluding carboxylic acids is 1. The maximum atomic E-state index is 14.0. The van der Waals surface area contributed by atoms with Crippen LogP contribution in [0.2, 0.25) is 0 Å². The molecule has 5 heteroatoms. The number of aryl methyl sites for hydroxylation is 1. The fourth-order valence-electron chi connectivity index (χ4n) is 4.64. The third-order valence-electron chi connectivity index (χ3n) is 6.34. The molecule has 5 rings (SSSR count). The van der Waals surface area contributed by atoms with Gasteiger partial charge in [0.05, 0.1) is 25.4 Å². The molecule has 166 valence electrons. The highest BCUT2D eigenvalue weighted by Gasteiger charge is 2.45. The highest BCUT2D eigenvalue weighted by molar-refractivity contribution is 6.23. The molecule has 33 heavy (non-hydrogen) atoms. The molecule has 0 saturated carbocycles. The molecule has 3 aromatic rings. The number of carbonyl (C=O) groups is 1. The third kappa shape index (κ3) is 3.69. The first kappa shape index (κ1) is 21.0. The highest BCUT2D eigenvalue weighted by atomic mass is 16.5. The van der Waals surface area contributed by atoms with Gasteiger partial charge in [0.1, 0.15) is 11.4 Å². The number of amides is 1. The highest BCUT2D eigenvalue weighted by Crippen LogP contribution is 2.44. The van der Waals surface area contributed by atoms with Crippen molar-refractivity contribution >= 4 is 17.3 Å². The van der Waals surface area contributed by atoms with Crippen molar-refractivity contribution in [1.29, 1.82) is 0 Å². The maximum absolute atomic E-state index is 14.0. The molecule has 2 heterocycles. The molecule has 0 spiro atoms. The number of aliphatic imine (C=N–C) groups is 1. The number of methoxy groups -OCH3 is 1. The Morgan fingerprint density at radius 1 is 0.939 bits per heavy atom. The van der Waals surface area contributed by atoms with Gasteiger partial charge >= 0.3 is 0 Å². The van der Waals surface area contributed by atoms with Crippen molar-refractivity contribution in [1.82, 2.24) is 4.90 Å². The number of benzene rings is 3. The predicted octanol–water partition coefficient (Wildman–Crippen LogP) is 4.78. The summed E-state index contributed by atoms with van der Waals surface area (Å²) >= 11 is 0. The van der Waals surface area contributed by atoms with Gasteiger partial charge in [-0.3, -0.25) is 14.7 Å². The lowest BCUT2D eigenvalue weighted by Gasteiger charge is -2.28. The number of anilines is 1. The van der Waals surface area contributed by atoms with Crippen molar-refractivity contribution in [3.8, 4) is 5.75 Å². The van der Waals surface area contributed by atoms with E-state index < -0.39 is 0 Å². The van der Waals surface area contributed by atoms with Crippen LogP contribution < -0.4 is 9.64 Å². The number of ether oxygens (including phenoxy) is 1. The fraction of sp³-hybridized carbons (Fsp3) is 0.214. The summed E-state index contributed by atoms with van der Waals surface area (Å²) in [6, 6.07) is 26.0. The molecule has 1 atom stereocenters. The zero-order chi connectivity index (χ0) is 22.9. The first-order chi connectivity index (χ1) is 16.1. The number of hydrogen-bond acceptors (Lipinski definition) is 4. The molecule has 1 unspecified atom stereocenters. The first-order valence-electron chi connectivity index (χ1n) is 11.2. The quantitative estimate of drug-likeness (QED) is 0.590. The van der Waals surface area contributed by atoms with Crippen LogP contribution in [-0.4, -0.2) is 43.8 Å². The summed E-state index contributed by atoms with van der Waals surface area (Å²) in [7, 11) is 3.63. The van der Waals surface area contributed by atoms with Gasteiger partial charge in [0.2, 0.25) is 0 Å². The van der Waals surface area contributed by atoms with Gasteiger partial charge in [-0.05, 0) is 36.8 Å². The van der Waals surface area contributed by atoms with E-state index in [1.807, 2.05) is 54.4 Å². The number of rotatable bonds is 4. The molecule has 0 fully saturated rings. The van der Waals surface area contributed by atoms with Gasteiger partial charge in [-0.2, -0.15) is 0 Å². The van der Waals surface area contributed by atoms with Gasteiger partial charge < -0.3 is 9.64 Å². The summed E-state index contributed by atoms with van der Waals surface area (Å²) in [5.41, 5.74) is 6.69. The van der Waals surface area contributed by atoms with E-state index in [2.05, 4.69) is 48.2 Å². The lowest BCUT2D eigenvalue weighted by Crippen LogP contribution is -2.34. The van der Waals surface area contributed by atoms with E-state index in [1.54, 1.807) is 7.11 Å². The van der Waals surface area contributed by atoms with Crippen molar-refractivity contribution in [3.63, 3.8) is 0 Å². The largest absolute Gasteiger partial charge is 0.497 e. The van der Waals surface area contributed by atoms with Crippen LogP contribution in [0.5, 0.6) is 5.75 Å². The van der Waals surface area contributed by atoms with E-state index in [-0.39, 0.29) is 11.9 Å². The van der Waals surface area contributed by atoms with E-state index in [4.69, 9.17) is 9.73 Å². The summed E-state index contributed by atoms with van der Waals surface area (Å²) in [5.74, 6) is 0.754. The molecular weight excluding hydrogens is 410 g/mol. The normalized spacial score (nSPS) is 18.2. The topological polar surface area (TPSA) is 45.1 Å². The molecule has 0 bridgehead atoms. The maximum Gasteiger partial charge on any atom is 0.275 e. The van der Waals surface area contributed by atoms with Gasteiger partial charge in [0, 0.05) is 30.4 Å². The molecule has 2 aliphatic heterocycles. The summed E-state index contributed by atoms with van der Waals surface area (Å²) in [4.78, 5) is 23.0. The minimum atomic E-state index is -0.277. The average Bonchev–Trinajstić information content (AvgIpc) is 3.03. The zero-order valence-corrected chi connectivity index (χ0v) is 19.2. The van der Waals surface area contributed by atoms with E-state index in [1.165, 1.54) is 5.56 Å². The van der Waals surface area contributed by atoms with Crippen molar-refractivity contribution in [2.75, 3.05) is 32.1 Å². The Kier molecular flexibility index (Phi) is 5.47. The van der Waals surface area contributed by atoms with Crippen LogP contribution in [0.25, 0.3) is 0 Å². The molecule has 1 amide bonds. The summed E-state index contributed by atoms with van der Waals surface area (Å²) < 4.78 is 5.35. The summed E-state index contributed by atoms with van der Waals surface area (Å²) in [6.07, 6.45) is 0. The second kappa shape index (κ2) is 8.58. The number of likely N-dealkylation sites (N-methyl/N-ethyl adjacent to an activating group) is 1. The smallest absolute Gasteiger partial charge is 0.275 e. The Hall–Kier alpha value is -3.86. The van der Waals surface area contributed by atoms with Crippen LogP contribution in [0.1, 0.15) is 22.7 Å². The molecular formula is C28H27N3O2. The van der Waals surface area contributed by atoms with Crippen LogP contribution in [0.15, 0.2) is 95.1 Å². The van der Waals surface area contributed by atoms with Gasteiger partial charge in [0.15, 0.2) is 0 Å². The van der Waals surface area contributed by atoms with Crippen LogP contribution in [0.4, 0.5) is 5.69 Å². The summed E-state index contributed by atoms with van der Waals surface area (Å²) in [5, 5.41) is 0. The molecule has 0 radical (unpaired) electrons. The molecule has 0 N–H and O–H groups in total. The lowest BCUT2D eigenvalue weighted by molar-refractivity contribution is -0.116. The molecule has 0 saturated heterocycles. The van der Waals surface area contributed by atoms with Crippen molar-refractivity contribution in [2.24, 2.45) is 4.99 Å². The van der Waals surface area contributed by atoms with Gasteiger partial charge in [-0.1, -0.05) is 60.2 Å². The standard InChI is InChI=1S/C28H27N3O2/c1-19-9-11-21(12-10-19)26-24-25(20-7-5-4-6-8-20)29-17-18-30(2)27(24)28(32)31(26)22-13-15-23(33-3)16-14-22/h4-16,26H,17-18H2,1-3H3. The van der Waals surface area contributed by atoms with Crippen LogP contribution >= 0.6 is 0 Å². The monoisotopic (exact) mass is 437 g/mol. The number of hydrogen-bond donors (Lipinski definition) is 0. The van der Waals surface area contributed by atoms with Crippen LogP contribution in [0, 0.1) is 6.92 Å². The average molecular weight is 438 g/mol. The summed E-state index contributed by atoms with van der Waals surface area (Å²) in [6.45, 7) is 3.41. The molecule has 0 aromatic heterocycles. The SMILES string of the molecule is COc1ccc(N2C(=O)C3=C(C(c4ccccc4)=NCCN3C)C2c2ccc(C)cc2)cc1. The Morgan fingerprint density at radius 2 is 1.64 bits per heavy atom. The number of nitrogens with zero attached hydrogens (tertiary/aromatic N) is 3. The predicted molar refractivity (Wildman–Crippen MR) is 132 cm³/mol. The van der Waals surface area contributed by atoms with Gasteiger partial charge in [0.25, 0.3) is 5.91 Å². The van der Waals surface area contributed by atoms with E-state index in [0.717, 1.165) is 39.5 Å². The third-order valence-corrected chi connectivity index (χ3v) is 6.34. The van der Waals surface area contributed by atoms with Crippen molar-refractivity contribution in [2.45, 2.75) is 13.0 Å². The zero-order valence-electron chi connectivity index (χ0n) is 19.2. The lowest BCUT2D eigenvalue weighted by atomic mass is 9.91. The van der Waals surface area contributed by atoms with Crippen molar-refractivity contribution in [3.05, 3.63) is 107 Å². The second-order valence-electron chi connectivity index (χ2n) is 8.47. The first-order valence-corrected chi connectivity index (χ1v) is 11.2. The molecule has 5 nitrogen and oxygen atoms in total.